The Labute approximate surface area is 104 Å². The van der Waals surface area contributed by atoms with Gasteiger partial charge in [-0.05, 0) is 25.1 Å². The van der Waals surface area contributed by atoms with E-state index in [1.54, 1.807) is 0 Å². The molecular weight excluding hydrogens is 232 g/mol. The standard InChI is InChI=1S/C14H11ClN2/c1-10-5-4-8-14-16-13(9-17(10)14)11-6-2-3-7-12(11)15/h2-9H,1H3. The van der Waals surface area contributed by atoms with Gasteiger partial charge in [0.1, 0.15) is 5.65 Å². The van der Waals surface area contributed by atoms with E-state index in [1.807, 2.05) is 42.6 Å². The lowest BCUT2D eigenvalue weighted by Crippen LogP contribution is -1.86. The third-order valence-corrected chi connectivity index (χ3v) is 3.18. The highest BCUT2D eigenvalue weighted by Crippen LogP contribution is 2.27. The molecule has 0 saturated heterocycles. The number of fused-ring (bicyclic) bond motifs is 1. The summed E-state index contributed by atoms with van der Waals surface area (Å²) in [7, 11) is 0. The number of aryl methyl sites for hydroxylation is 1. The van der Waals surface area contributed by atoms with Crippen LogP contribution in [0.15, 0.2) is 48.7 Å². The van der Waals surface area contributed by atoms with E-state index >= 15 is 0 Å². The minimum Gasteiger partial charge on any atom is -0.304 e. The molecule has 0 fully saturated rings. The van der Waals surface area contributed by atoms with Crippen molar-refractivity contribution in [3.63, 3.8) is 0 Å². The summed E-state index contributed by atoms with van der Waals surface area (Å²) in [4.78, 5) is 4.58. The van der Waals surface area contributed by atoms with Crippen LogP contribution in [-0.4, -0.2) is 9.38 Å². The summed E-state index contributed by atoms with van der Waals surface area (Å²) in [6.45, 7) is 2.06. The van der Waals surface area contributed by atoms with Gasteiger partial charge in [0, 0.05) is 17.5 Å². The highest BCUT2D eigenvalue weighted by Gasteiger charge is 2.07. The Kier molecular flexibility index (Phi) is 2.37. The molecule has 0 aliphatic heterocycles. The lowest BCUT2D eigenvalue weighted by molar-refractivity contribution is 1.09. The van der Waals surface area contributed by atoms with Gasteiger partial charge in [0.25, 0.3) is 0 Å². The number of aromatic nitrogens is 2. The molecule has 0 spiro atoms. The van der Waals surface area contributed by atoms with Gasteiger partial charge in [0.05, 0.1) is 10.7 Å². The number of imidazole rings is 1. The molecule has 1 aromatic carbocycles. The van der Waals surface area contributed by atoms with Gasteiger partial charge in [-0.25, -0.2) is 4.98 Å². The summed E-state index contributed by atoms with van der Waals surface area (Å²) in [5, 5.41) is 0.730. The van der Waals surface area contributed by atoms with Gasteiger partial charge in [0.15, 0.2) is 0 Å². The first-order valence-corrected chi connectivity index (χ1v) is 5.83. The molecular formula is C14H11ClN2. The molecule has 0 saturated carbocycles. The Morgan fingerprint density at radius 3 is 2.65 bits per heavy atom. The summed E-state index contributed by atoms with van der Waals surface area (Å²) in [6.07, 6.45) is 2.02. The molecule has 17 heavy (non-hydrogen) atoms. The molecule has 3 rings (SSSR count). The molecule has 0 unspecified atom stereocenters. The van der Waals surface area contributed by atoms with Gasteiger partial charge < -0.3 is 4.40 Å². The fourth-order valence-electron chi connectivity index (χ4n) is 1.95. The molecule has 0 N–H and O–H groups in total. The second-order valence-corrected chi connectivity index (χ2v) is 4.41. The van der Waals surface area contributed by atoms with Crippen molar-refractivity contribution in [1.82, 2.24) is 9.38 Å². The lowest BCUT2D eigenvalue weighted by Gasteiger charge is -1.98. The Bertz CT molecular complexity index is 686. The van der Waals surface area contributed by atoms with Crippen LogP contribution in [-0.2, 0) is 0 Å². The number of nitrogens with zero attached hydrogens (tertiary/aromatic N) is 2. The van der Waals surface area contributed by atoms with Crippen molar-refractivity contribution in [3.05, 3.63) is 59.4 Å². The monoisotopic (exact) mass is 242 g/mol. The fraction of sp³-hybridized carbons (Fsp3) is 0.0714. The molecule has 3 heteroatoms. The third-order valence-electron chi connectivity index (χ3n) is 2.85. The summed E-state index contributed by atoms with van der Waals surface area (Å²) >= 11 is 6.18. The molecule has 0 aliphatic rings. The Balaban J connectivity index is 2.26. The minimum atomic E-state index is 0.730. The second-order valence-electron chi connectivity index (χ2n) is 4.00. The van der Waals surface area contributed by atoms with Crippen molar-refractivity contribution in [3.8, 4) is 11.3 Å². The lowest BCUT2D eigenvalue weighted by atomic mass is 10.2. The van der Waals surface area contributed by atoms with Crippen LogP contribution >= 0.6 is 11.6 Å². The van der Waals surface area contributed by atoms with Crippen LogP contribution in [0.3, 0.4) is 0 Å². The average molecular weight is 243 g/mol. The maximum Gasteiger partial charge on any atom is 0.137 e. The highest BCUT2D eigenvalue weighted by atomic mass is 35.5. The quantitative estimate of drug-likeness (QED) is 0.631. The van der Waals surface area contributed by atoms with Gasteiger partial charge in [-0.1, -0.05) is 35.9 Å². The number of benzene rings is 1. The topological polar surface area (TPSA) is 17.3 Å². The minimum absolute atomic E-state index is 0.730. The molecule has 0 amide bonds. The van der Waals surface area contributed by atoms with E-state index in [1.165, 1.54) is 0 Å². The van der Waals surface area contributed by atoms with Crippen LogP contribution < -0.4 is 0 Å². The summed E-state index contributed by atoms with van der Waals surface area (Å²) in [5.74, 6) is 0. The molecule has 0 bridgehead atoms. The van der Waals surface area contributed by atoms with E-state index < -0.39 is 0 Å². The predicted molar refractivity (Wildman–Crippen MR) is 70.4 cm³/mol. The van der Waals surface area contributed by atoms with Crippen molar-refractivity contribution in [2.24, 2.45) is 0 Å². The van der Waals surface area contributed by atoms with Gasteiger partial charge in [-0.15, -0.1) is 0 Å². The zero-order chi connectivity index (χ0) is 11.8. The number of hydrogen-bond donors (Lipinski definition) is 0. The first-order valence-electron chi connectivity index (χ1n) is 5.45. The zero-order valence-electron chi connectivity index (χ0n) is 9.39. The van der Waals surface area contributed by atoms with Crippen LogP contribution in [0, 0.1) is 6.92 Å². The van der Waals surface area contributed by atoms with Crippen LogP contribution in [0.25, 0.3) is 16.9 Å². The molecule has 2 aromatic heterocycles. The molecule has 3 aromatic rings. The van der Waals surface area contributed by atoms with Crippen molar-refractivity contribution in [1.29, 1.82) is 0 Å². The number of rotatable bonds is 1. The molecule has 0 radical (unpaired) electrons. The third kappa shape index (κ3) is 1.71. The van der Waals surface area contributed by atoms with E-state index in [4.69, 9.17) is 11.6 Å². The van der Waals surface area contributed by atoms with Crippen LogP contribution in [0.4, 0.5) is 0 Å². The SMILES string of the molecule is Cc1cccc2nc(-c3ccccc3Cl)cn12. The fourth-order valence-corrected chi connectivity index (χ4v) is 2.18. The van der Waals surface area contributed by atoms with Gasteiger partial charge >= 0.3 is 0 Å². The highest BCUT2D eigenvalue weighted by molar-refractivity contribution is 6.33. The van der Waals surface area contributed by atoms with Crippen molar-refractivity contribution in [2.75, 3.05) is 0 Å². The molecule has 0 atom stereocenters. The van der Waals surface area contributed by atoms with Crippen LogP contribution in [0.2, 0.25) is 5.02 Å². The zero-order valence-corrected chi connectivity index (χ0v) is 10.1. The summed E-state index contributed by atoms with van der Waals surface area (Å²) in [6, 6.07) is 13.8. The molecule has 0 aliphatic carbocycles. The van der Waals surface area contributed by atoms with E-state index in [0.717, 1.165) is 27.6 Å². The van der Waals surface area contributed by atoms with Crippen molar-refractivity contribution < 1.29 is 0 Å². The molecule has 84 valence electrons. The van der Waals surface area contributed by atoms with Gasteiger partial charge in [0.2, 0.25) is 0 Å². The van der Waals surface area contributed by atoms with E-state index in [2.05, 4.69) is 22.4 Å². The maximum atomic E-state index is 6.18. The van der Waals surface area contributed by atoms with E-state index in [-0.39, 0.29) is 0 Å². The Morgan fingerprint density at radius 2 is 1.88 bits per heavy atom. The van der Waals surface area contributed by atoms with Crippen molar-refractivity contribution in [2.45, 2.75) is 6.92 Å². The Morgan fingerprint density at radius 1 is 1.06 bits per heavy atom. The summed E-state index contributed by atoms with van der Waals surface area (Å²) in [5.41, 5.74) is 3.98. The van der Waals surface area contributed by atoms with E-state index in [0.29, 0.717) is 0 Å². The normalized spacial score (nSPS) is 10.9. The van der Waals surface area contributed by atoms with Crippen LogP contribution in [0.5, 0.6) is 0 Å². The first kappa shape index (κ1) is 10.4. The summed E-state index contributed by atoms with van der Waals surface area (Å²) < 4.78 is 2.07. The maximum absolute atomic E-state index is 6.18. The molecule has 2 heterocycles. The number of hydrogen-bond acceptors (Lipinski definition) is 1. The van der Waals surface area contributed by atoms with Crippen molar-refractivity contribution >= 4 is 17.2 Å². The van der Waals surface area contributed by atoms with Gasteiger partial charge in [-0.3, -0.25) is 0 Å². The first-order chi connectivity index (χ1) is 8.25. The smallest absolute Gasteiger partial charge is 0.137 e. The van der Waals surface area contributed by atoms with Gasteiger partial charge in [-0.2, -0.15) is 0 Å². The second kappa shape index (κ2) is 3.90. The Hall–Kier alpha value is -1.80. The average Bonchev–Trinajstić information content (AvgIpc) is 2.75. The predicted octanol–water partition coefficient (Wildman–Crippen LogP) is 3.96. The largest absolute Gasteiger partial charge is 0.304 e. The molecule has 2 nitrogen and oxygen atoms in total. The van der Waals surface area contributed by atoms with E-state index in [9.17, 15) is 0 Å². The van der Waals surface area contributed by atoms with Crippen LogP contribution in [0.1, 0.15) is 5.69 Å². The number of pyridine rings is 1. The number of halogens is 1.